The van der Waals surface area contributed by atoms with Gasteiger partial charge in [0.05, 0.1) is 5.38 Å². The first-order valence-corrected chi connectivity index (χ1v) is 5.40. The highest BCUT2D eigenvalue weighted by atomic mass is 35.5. The molecule has 0 aromatic rings. The van der Waals surface area contributed by atoms with Crippen molar-refractivity contribution >= 4 is 17.5 Å². The Kier molecular flexibility index (Phi) is 7.06. The zero-order valence-electron chi connectivity index (χ0n) is 8.77. The molecule has 3 heteroatoms. The van der Waals surface area contributed by atoms with Gasteiger partial charge in [-0.2, -0.15) is 0 Å². The van der Waals surface area contributed by atoms with Gasteiger partial charge in [0.15, 0.2) is 0 Å². The van der Waals surface area contributed by atoms with Crippen molar-refractivity contribution in [3.05, 3.63) is 0 Å². The van der Waals surface area contributed by atoms with E-state index in [1.807, 2.05) is 6.92 Å². The third-order valence-electron chi connectivity index (χ3n) is 1.91. The van der Waals surface area contributed by atoms with E-state index >= 15 is 0 Å². The zero-order valence-corrected chi connectivity index (χ0v) is 9.53. The van der Waals surface area contributed by atoms with E-state index in [1.165, 1.54) is 0 Å². The average molecular weight is 206 g/mol. The highest BCUT2D eigenvalue weighted by Crippen LogP contribution is 2.03. The van der Waals surface area contributed by atoms with Crippen LogP contribution >= 0.6 is 11.6 Å². The molecule has 0 aliphatic rings. The first-order valence-electron chi connectivity index (χ1n) is 4.97. The van der Waals surface area contributed by atoms with Gasteiger partial charge in [-0.05, 0) is 18.8 Å². The summed E-state index contributed by atoms with van der Waals surface area (Å²) < 4.78 is 0. The number of carbonyl (C=O) groups excluding carboxylic acids is 1. The van der Waals surface area contributed by atoms with Crippen LogP contribution in [0, 0.1) is 5.92 Å². The summed E-state index contributed by atoms with van der Waals surface area (Å²) in [5.41, 5.74) is 0. The van der Waals surface area contributed by atoms with Crippen LogP contribution in [-0.4, -0.2) is 17.8 Å². The largest absolute Gasteiger partial charge is 0.355 e. The molecule has 0 aromatic carbocycles. The molecule has 1 amide bonds. The zero-order chi connectivity index (χ0) is 10.3. The molecule has 13 heavy (non-hydrogen) atoms. The molecule has 0 spiro atoms. The van der Waals surface area contributed by atoms with Crippen molar-refractivity contribution in [2.24, 2.45) is 5.92 Å². The Morgan fingerprint density at radius 1 is 1.46 bits per heavy atom. The lowest BCUT2D eigenvalue weighted by atomic mass is 10.1. The van der Waals surface area contributed by atoms with Crippen LogP contribution in [0.25, 0.3) is 0 Å². The number of halogens is 1. The molecule has 1 unspecified atom stereocenters. The fourth-order valence-electron chi connectivity index (χ4n) is 0.877. The van der Waals surface area contributed by atoms with Gasteiger partial charge >= 0.3 is 0 Å². The fraction of sp³-hybridized carbons (Fsp3) is 0.900. The number of hydrogen-bond acceptors (Lipinski definition) is 1. The van der Waals surface area contributed by atoms with Crippen molar-refractivity contribution in [1.82, 2.24) is 5.32 Å². The van der Waals surface area contributed by atoms with Crippen molar-refractivity contribution in [3.8, 4) is 0 Å². The second-order valence-corrected chi connectivity index (χ2v) is 4.36. The summed E-state index contributed by atoms with van der Waals surface area (Å²) in [5, 5.41) is 2.89. The second kappa shape index (κ2) is 7.19. The Morgan fingerprint density at radius 3 is 2.54 bits per heavy atom. The van der Waals surface area contributed by atoms with Crippen molar-refractivity contribution in [1.29, 1.82) is 0 Å². The molecule has 0 aliphatic carbocycles. The Labute approximate surface area is 86.0 Å². The predicted octanol–water partition coefficient (Wildman–Crippen LogP) is 2.56. The molecule has 0 aromatic heterocycles. The molecular weight excluding hydrogens is 186 g/mol. The quantitative estimate of drug-likeness (QED) is 0.664. The van der Waals surface area contributed by atoms with Crippen LogP contribution in [0.2, 0.25) is 0 Å². The summed E-state index contributed by atoms with van der Waals surface area (Å²) in [6.07, 6.45) is 2.46. The number of rotatable bonds is 6. The lowest BCUT2D eigenvalue weighted by Crippen LogP contribution is -2.29. The second-order valence-electron chi connectivity index (χ2n) is 3.74. The van der Waals surface area contributed by atoms with Crippen molar-refractivity contribution in [2.75, 3.05) is 6.54 Å². The Balaban J connectivity index is 3.40. The third-order valence-corrected chi connectivity index (χ3v) is 2.38. The highest BCUT2D eigenvalue weighted by molar-refractivity contribution is 6.20. The molecule has 0 bridgehead atoms. The maximum Gasteiger partial charge on any atom is 0.220 e. The van der Waals surface area contributed by atoms with Crippen LogP contribution in [-0.2, 0) is 4.79 Å². The number of nitrogens with one attached hydrogen (secondary N) is 1. The van der Waals surface area contributed by atoms with E-state index in [9.17, 15) is 4.79 Å². The molecule has 78 valence electrons. The summed E-state index contributed by atoms with van der Waals surface area (Å²) >= 11 is 5.86. The van der Waals surface area contributed by atoms with Gasteiger partial charge in [-0.3, -0.25) is 4.79 Å². The van der Waals surface area contributed by atoms with Gasteiger partial charge < -0.3 is 5.32 Å². The van der Waals surface area contributed by atoms with E-state index in [2.05, 4.69) is 19.2 Å². The van der Waals surface area contributed by atoms with Gasteiger partial charge in [0.25, 0.3) is 0 Å². The van der Waals surface area contributed by atoms with Crippen LogP contribution < -0.4 is 5.32 Å². The lowest BCUT2D eigenvalue weighted by molar-refractivity contribution is -0.121. The summed E-state index contributed by atoms with van der Waals surface area (Å²) in [6, 6.07) is 0. The summed E-state index contributed by atoms with van der Waals surface area (Å²) in [6.45, 7) is 6.83. The van der Waals surface area contributed by atoms with E-state index in [-0.39, 0.29) is 11.3 Å². The SMILES string of the molecule is CCC(Cl)CNC(=O)CCC(C)C. The van der Waals surface area contributed by atoms with Gasteiger partial charge in [0.2, 0.25) is 5.91 Å². The van der Waals surface area contributed by atoms with Crippen LogP contribution in [0.4, 0.5) is 0 Å². The van der Waals surface area contributed by atoms with Crippen LogP contribution in [0.1, 0.15) is 40.0 Å². The third kappa shape index (κ3) is 8.10. The number of amides is 1. The monoisotopic (exact) mass is 205 g/mol. The van der Waals surface area contributed by atoms with Crippen molar-refractivity contribution < 1.29 is 4.79 Å². The van der Waals surface area contributed by atoms with Crippen LogP contribution in [0.3, 0.4) is 0 Å². The Bertz CT molecular complexity index is 148. The first-order chi connectivity index (χ1) is 6.06. The van der Waals surface area contributed by atoms with Gasteiger partial charge in [-0.15, -0.1) is 11.6 Å². The minimum atomic E-state index is 0.0722. The smallest absolute Gasteiger partial charge is 0.220 e. The molecule has 0 aliphatic heterocycles. The average Bonchev–Trinajstić information content (AvgIpc) is 2.10. The summed E-state index contributed by atoms with van der Waals surface area (Å²) in [5.74, 6) is 0.705. The molecule has 0 radical (unpaired) electrons. The number of carbonyl (C=O) groups is 1. The molecule has 0 saturated carbocycles. The van der Waals surface area contributed by atoms with Gasteiger partial charge in [-0.1, -0.05) is 20.8 Å². The Hall–Kier alpha value is -0.240. The predicted molar refractivity (Wildman–Crippen MR) is 57.0 cm³/mol. The van der Waals surface area contributed by atoms with Gasteiger partial charge in [0, 0.05) is 13.0 Å². The summed E-state index contributed by atoms with van der Waals surface area (Å²) in [7, 11) is 0. The topological polar surface area (TPSA) is 29.1 Å². The standard InChI is InChI=1S/C10H20ClNO/c1-4-9(11)7-12-10(13)6-5-8(2)3/h8-9H,4-7H2,1-3H3,(H,12,13). The Morgan fingerprint density at radius 2 is 2.08 bits per heavy atom. The fourth-order valence-corrected chi connectivity index (χ4v) is 0.954. The summed E-state index contributed by atoms with van der Waals surface area (Å²) in [4.78, 5) is 11.2. The molecule has 0 heterocycles. The molecule has 0 saturated heterocycles. The van der Waals surface area contributed by atoms with E-state index in [0.717, 1.165) is 12.8 Å². The minimum absolute atomic E-state index is 0.0722. The van der Waals surface area contributed by atoms with Crippen molar-refractivity contribution in [2.45, 2.75) is 45.4 Å². The minimum Gasteiger partial charge on any atom is -0.355 e. The van der Waals surface area contributed by atoms with Crippen LogP contribution in [0.5, 0.6) is 0 Å². The van der Waals surface area contributed by atoms with Crippen LogP contribution in [0.15, 0.2) is 0 Å². The maximum atomic E-state index is 11.2. The van der Waals surface area contributed by atoms with E-state index < -0.39 is 0 Å². The first kappa shape index (κ1) is 12.8. The lowest BCUT2D eigenvalue weighted by Gasteiger charge is -2.09. The molecule has 1 N–H and O–H groups in total. The highest BCUT2D eigenvalue weighted by Gasteiger charge is 2.05. The molecule has 0 rings (SSSR count). The maximum absolute atomic E-state index is 11.2. The van der Waals surface area contributed by atoms with E-state index in [1.54, 1.807) is 0 Å². The van der Waals surface area contributed by atoms with E-state index in [0.29, 0.717) is 18.9 Å². The van der Waals surface area contributed by atoms with Gasteiger partial charge in [0.1, 0.15) is 0 Å². The number of alkyl halides is 1. The molecular formula is C10H20ClNO. The van der Waals surface area contributed by atoms with Gasteiger partial charge in [-0.25, -0.2) is 0 Å². The van der Waals surface area contributed by atoms with E-state index in [4.69, 9.17) is 11.6 Å². The number of hydrogen-bond donors (Lipinski definition) is 1. The molecule has 2 nitrogen and oxygen atoms in total. The van der Waals surface area contributed by atoms with Crippen molar-refractivity contribution in [3.63, 3.8) is 0 Å². The molecule has 0 fully saturated rings. The normalized spacial score (nSPS) is 13.0. The molecule has 1 atom stereocenters.